The molecule has 0 aromatic rings. The molecule has 1 aliphatic carbocycles. The summed E-state index contributed by atoms with van der Waals surface area (Å²) in [6, 6.07) is 2.10. The lowest BCUT2D eigenvalue weighted by Crippen LogP contribution is -2.53. The zero-order valence-electron chi connectivity index (χ0n) is 13.6. The fraction of sp³-hybridized carbons (Fsp3) is 0.812. The maximum absolute atomic E-state index is 12.3. The van der Waals surface area contributed by atoms with Gasteiger partial charge in [-0.1, -0.05) is 19.3 Å². The number of amides is 2. The molecule has 122 valence electrons. The molecular formula is C16H26N4O2. The minimum atomic E-state index is -0.698. The van der Waals surface area contributed by atoms with E-state index in [1.54, 1.807) is 19.0 Å². The first kappa shape index (κ1) is 16.8. The fourth-order valence-electron chi connectivity index (χ4n) is 3.50. The zero-order chi connectivity index (χ0) is 16.2. The highest BCUT2D eigenvalue weighted by atomic mass is 16.2. The van der Waals surface area contributed by atoms with Gasteiger partial charge in [-0.05, 0) is 32.2 Å². The van der Waals surface area contributed by atoms with Gasteiger partial charge in [-0.25, -0.2) is 0 Å². The third kappa shape index (κ3) is 3.77. The van der Waals surface area contributed by atoms with E-state index < -0.39 is 5.54 Å². The standard InChI is InChI=1S/C16H26N4O2/c1-19(2)15(22)13-7-6-10-20(13)11-14(21)18-16(12-17)8-4-3-5-9-16/h13H,3-11H2,1-2H3,(H,18,21). The lowest BCUT2D eigenvalue weighted by atomic mass is 9.83. The number of carbonyl (C=O) groups excluding carboxylic acids is 2. The first-order valence-corrected chi connectivity index (χ1v) is 8.15. The van der Waals surface area contributed by atoms with Crippen molar-refractivity contribution in [3.05, 3.63) is 0 Å². The van der Waals surface area contributed by atoms with Crippen LogP contribution in [0.3, 0.4) is 0 Å². The molecule has 6 heteroatoms. The number of hydrogen-bond acceptors (Lipinski definition) is 4. The quantitative estimate of drug-likeness (QED) is 0.836. The minimum absolute atomic E-state index is 0.0537. The molecule has 0 spiro atoms. The van der Waals surface area contributed by atoms with Crippen molar-refractivity contribution in [1.29, 1.82) is 5.26 Å². The van der Waals surface area contributed by atoms with Gasteiger partial charge >= 0.3 is 0 Å². The minimum Gasteiger partial charge on any atom is -0.347 e. The summed E-state index contributed by atoms with van der Waals surface area (Å²) in [6.45, 7) is 0.963. The Kier molecular flexibility index (Phi) is 5.41. The van der Waals surface area contributed by atoms with Crippen LogP contribution in [0.1, 0.15) is 44.9 Å². The summed E-state index contributed by atoms with van der Waals surface area (Å²) in [4.78, 5) is 28.0. The summed E-state index contributed by atoms with van der Waals surface area (Å²) < 4.78 is 0. The third-order valence-corrected chi connectivity index (χ3v) is 4.74. The molecule has 0 radical (unpaired) electrons. The number of nitrogens with one attached hydrogen (secondary N) is 1. The molecule has 1 aliphatic heterocycles. The Bertz CT molecular complexity index is 463. The highest BCUT2D eigenvalue weighted by Gasteiger charge is 2.36. The van der Waals surface area contributed by atoms with Crippen molar-refractivity contribution in [3.63, 3.8) is 0 Å². The van der Waals surface area contributed by atoms with Gasteiger partial charge in [0.05, 0.1) is 18.7 Å². The monoisotopic (exact) mass is 306 g/mol. The van der Waals surface area contributed by atoms with Crippen LogP contribution in [0.2, 0.25) is 0 Å². The van der Waals surface area contributed by atoms with Crippen LogP contribution in [0.15, 0.2) is 0 Å². The van der Waals surface area contributed by atoms with E-state index in [4.69, 9.17) is 0 Å². The summed E-state index contributed by atoms with van der Waals surface area (Å²) in [5, 5.41) is 12.4. The van der Waals surface area contributed by atoms with Gasteiger partial charge in [-0.2, -0.15) is 5.26 Å². The molecule has 22 heavy (non-hydrogen) atoms. The molecule has 2 fully saturated rings. The molecule has 0 aromatic heterocycles. The predicted molar refractivity (Wildman–Crippen MR) is 82.9 cm³/mol. The number of nitriles is 1. The summed E-state index contributed by atoms with van der Waals surface area (Å²) >= 11 is 0. The average Bonchev–Trinajstić information content (AvgIpc) is 2.95. The highest BCUT2D eigenvalue weighted by Crippen LogP contribution is 2.27. The first-order valence-electron chi connectivity index (χ1n) is 8.15. The SMILES string of the molecule is CN(C)C(=O)C1CCCN1CC(=O)NC1(C#N)CCCCC1. The van der Waals surface area contributed by atoms with Gasteiger partial charge < -0.3 is 10.2 Å². The van der Waals surface area contributed by atoms with E-state index in [2.05, 4.69) is 11.4 Å². The molecule has 1 unspecified atom stereocenters. The Morgan fingerprint density at radius 3 is 2.55 bits per heavy atom. The van der Waals surface area contributed by atoms with Crippen molar-refractivity contribution < 1.29 is 9.59 Å². The van der Waals surface area contributed by atoms with Crippen molar-refractivity contribution in [2.45, 2.75) is 56.5 Å². The van der Waals surface area contributed by atoms with Gasteiger partial charge in [-0.15, -0.1) is 0 Å². The Balaban J connectivity index is 1.93. The normalized spacial score (nSPS) is 24.5. The van der Waals surface area contributed by atoms with Crippen molar-refractivity contribution in [2.24, 2.45) is 0 Å². The summed E-state index contributed by atoms with van der Waals surface area (Å²) in [6.07, 6.45) is 6.29. The topological polar surface area (TPSA) is 76.4 Å². The van der Waals surface area contributed by atoms with Crippen LogP contribution in [0.5, 0.6) is 0 Å². The molecule has 0 aromatic carbocycles. The third-order valence-electron chi connectivity index (χ3n) is 4.74. The maximum atomic E-state index is 12.3. The summed E-state index contributed by atoms with van der Waals surface area (Å²) in [5.41, 5.74) is -0.698. The van der Waals surface area contributed by atoms with Crippen molar-refractivity contribution in [2.75, 3.05) is 27.2 Å². The molecule has 1 saturated heterocycles. The van der Waals surface area contributed by atoms with E-state index in [1.165, 1.54) is 0 Å². The molecule has 0 bridgehead atoms. The Labute approximate surface area is 132 Å². The molecule has 1 saturated carbocycles. The predicted octanol–water partition coefficient (Wildman–Crippen LogP) is 0.882. The van der Waals surface area contributed by atoms with E-state index in [9.17, 15) is 14.9 Å². The van der Waals surface area contributed by atoms with Crippen molar-refractivity contribution in [3.8, 4) is 6.07 Å². The molecule has 1 heterocycles. The number of nitrogens with zero attached hydrogens (tertiary/aromatic N) is 3. The molecule has 1 N–H and O–H groups in total. The van der Waals surface area contributed by atoms with E-state index in [1.807, 2.05) is 4.90 Å². The largest absolute Gasteiger partial charge is 0.347 e. The van der Waals surface area contributed by atoms with Crippen LogP contribution >= 0.6 is 0 Å². The van der Waals surface area contributed by atoms with Crippen LogP contribution in [-0.2, 0) is 9.59 Å². The number of likely N-dealkylation sites (tertiary alicyclic amines) is 1. The molecule has 2 amide bonds. The Morgan fingerprint density at radius 2 is 1.95 bits per heavy atom. The van der Waals surface area contributed by atoms with Crippen LogP contribution < -0.4 is 5.32 Å². The molecule has 6 nitrogen and oxygen atoms in total. The van der Waals surface area contributed by atoms with Gasteiger partial charge in [0.15, 0.2) is 0 Å². The number of hydrogen-bond donors (Lipinski definition) is 1. The van der Waals surface area contributed by atoms with Gasteiger partial charge in [-0.3, -0.25) is 14.5 Å². The van der Waals surface area contributed by atoms with Crippen molar-refractivity contribution >= 4 is 11.8 Å². The maximum Gasteiger partial charge on any atom is 0.239 e. The molecule has 2 rings (SSSR count). The summed E-state index contributed by atoms with van der Waals surface area (Å²) in [5.74, 6) is -0.0835. The average molecular weight is 306 g/mol. The lowest BCUT2D eigenvalue weighted by Gasteiger charge is -2.33. The van der Waals surface area contributed by atoms with Gasteiger partial charge in [0.1, 0.15) is 5.54 Å². The molecular weight excluding hydrogens is 280 g/mol. The lowest BCUT2D eigenvalue weighted by molar-refractivity contribution is -0.134. The van der Waals surface area contributed by atoms with E-state index in [0.29, 0.717) is 0 Å². The number of likely N-dealkylation sites (N-methyl/N-ethyl adjacent to an activating group) is 1. The van der Waals surface area contributed by atoms with Crippen LogP contribution in [0.25, 0.3) is 0 Å². The smallest absolute Gasteiger partial charge is 0.239 e. The molecule has 2 aliphatic rings. The Hall–Kier alpha value is -1.61. The van der Waals surface area contributed by atoms with Gasteiger partial charge in [0.25, 0.3) is 0 Å². The van der Waals surface area contributed by atoms with E-state index in [0.717, 1.165) is 51.5 Å². The summed E-state index contributed by atoms with van der Waals surface area (Å²) in [7, 11) is 3.48. The zero-order valence-corrected chi connectivity index (χ0v) is 13.6. The fourth-order valence-corrected chi connectivity index (χ4v) is 3.50. The van der Waals surface area contributed by atoms with Crippen molar-refractivity contribution in [1.82, 2.24) is 15.1 Å². The first-order chi connectivity index (χ1) is 10.5. The van der Waals surface area contributed by atoms with Crippen LogP contribution in [0, 0.1) is 11.3 Å². The van der Waals surface area contributed by atoms with Crippen LogP contribution in [0.4, 0.5) is 0 Å². The van der Waals surface area contributed by atoms with Gasteiger partial charge in [0, 0.05) is 14.1 Å². The van der Waals surface area contributed by atoms with E-state index in [-0.39, 0.29) is 24.4 Å². The second-order valence-corrected chi connectivity index (χ2v) is 6.66. The second kappa shape index (κ2) is 7.10. The number of carbonyl (C=O) groups is 2. The molecule has 1 atom stereocenters. The highest BCUT2D eigenvalue weighted by molar-refractivity contribution is 5.84. The van der Waals surface area contributed by atoms with E-state index >= 15 is 0 Å². The van der Waals surface area contributed by atoms with Gasteiger partial charge in [0.2, 0.25) is 11.8 Å². The van der Waals surface area contributed by atoms with Crippen LogP contribution in [-0.4, -0.2) is 60.4 Å². The number of rotatable bonds is 4. The Morgan fingerprint density at radius 1 is 1.27 bits per heavy atom. The second-order valence-electron chi connectivity index (χ2n) is 6.66.